The first kappa shape index (κ1) is 18.8. The van der Waals surface area contributed by atoms with E-state index in [1.54, 1.807) is 31.2 Å². The molecule has 27 heavy (non-hydrogen) atoms. The average Bonchev–Trinajstić information content (AvgIpc) is 3.42. The normalized spacial score (nSPS) is 15.9. The second kappa shape index (κ2) is 6.96. The Balaban J connectivity index is 1.92. The smallest absolute Gasteiger partial charge is 0.326 e. The first-order chi connectivity index (χ1) is 12.8. The van der Waals surface area contributed by atoms with Gasteiger partial charge in [0.05, 0.1) is 12.1 Å². The summed E-state index contributed by atoms with van der Waals surface area (Å²) in [6, 6.07) is 5.84. The Kier molecular flexibility index (Phi) is 4.84. The zero-order valence-electron chi connectivity index (χ0n) is 14.9. The quantitative estimate of drug-likeness (QED) is 0.519. The van der Waals surface area contributed by atoms with Crippen LogP contribution in [0.25, 0.3) is 10.9 Å². The fraction of sp³-hybridized carbons (Fsp3) is 0.368. The summed E-state index contributed by atoms with van der Waals surface area (Å²) in [5.41, 5.74) is 6.59. The number of para-hydroxylation sites is 1. The van der Waals surface area contributed by atoms with E-state index in [-0.39, 0.29) is 13.0 Å². The number of hydrogen-bond acceptors (Lipinski definition) is 5. The van der Waals surface area contributed by atoms with Crippen LogP contribution in [0.15, 0.2) is 24.3 Å². The molecular weight excluding hydrogens is 350 g/mol. The van der Waals surface area contributed by atoms with E-state index in [0.717, 1.165) is 5.39 Å². The molecule has 3 rings (SSSR count). The molecule has 0 unspecified atom stereocenters. The topological polar surface area (TPSA) is 143 Å². The van der Waals surface area contributed by atoms with Gasteiger partial charge in [0.15, 0.2) is 0 Å². The summed E-state index contributed by atoms with van der Waals surface area (Å²) in [6.45, 7) is 1.62. The Morgan fingerprint density at radius 3 is 2.56 bits per heavy atom. The maximum Gasteiger partial charge on any atom is 0.326 e. The molecule has 142 valence electrons. The molecule has 1 aliphatic carbocycles. The van der Waals surface area contributed by atoms with Crippen LogP contribution >= 0.6 is 0 Å². The number of aliphatic hydroxyl groups is 1. The summed E-state index contributed by atoms with van der Waals surface area (Å²) >= 11 is 0. The molecule has 0 saturated heterocycles. The standard InChI is InChI=1S/C19H21N3O5/c1-10-7-12(9-23)13-4-2-3-11(15(13)21-10)8-14(16(24)25)22-18(27)19(5-6-19)17(20)26/h2-4,7,14,23H,5-6,8-9H2,1H3,(H2,20,26)(H,22,27)(H,24,25)/t14-/m0/s1. The molecule has 1 aliphatic rings. The van der Waals surface area contributed by atoms with Crippen molar-refractivity contribution in [3.8, 4) is 0 Å². The number of rotatable bonds is 7. The zero-order valence-corrected chi connectivity index (χ0v) is 14.9. The van der Waals surface area contributed by atoms with Gasteiger partial charge in [-0.3, -0.25) is 14.6 Å². The van der Waals surface area contributed by atoms with Crippen molar-refractivity contribution in [3.63, 3.8) is 0 Å². The molecule has 0 radical (unpaired) electrons. The highest BCUT2D eigenvalue weighted by Crippen LogP contribution is 2.45. The number of aromatic nitrogens is 1. The monoisotopic (exact) mass is 371 g/mol. The van der Waals surface area contributed by atoms with Crippen LogP contribution < -0.4 is 11.1 Å². The number of aryl methyl sites for hydroxylation is 1. The number of carbonyl (C=O) groups excluding carboxylic acids is 2. The van der Waals surface area contributed by atoms with Gasteiger partial charge in [-0.1, -0.05) is 18.2 Å². The number of nitrogens with zero attached hydrogens (tertiary/aromatic N) is 1. The molecule has 1 atom stereocenters. The van der Waals surface area contributed by atoms with E-state index in [0.29, 0.717) is 35.2 Å². The van der Waals surface area contributed by atoms with Crippen molar-refractivity contribution >= 4 is 28.7 Å². The van der Waals surface area contributed by atoms with Crippen LogP contribution in [0.5, 0.6) is 0 Å². The molecule has 8 heteroatoms. The number of aliphatic carboxylic acids is 1. The Hall–Kier alpha value is -3.00. The minimum atomic E-state index is -1.29. The van der Waals surface area contributed by atoms with Crippen molar-refractivity contribution in [1.82, 2.24) is 10.3 Å². The molecule has 1 aromatic carbocycles. The molecule has 2 aromatic rings. The van der Waals surface area contributed by atoms with Crippen LogP contribution in [0.1, 0.15) is 29.7 Å². The number of fused-ring (bicyclic) bond motifs is 1. The number of pyridine rings is 1. The third-order valence-corrected chi connectivity index (χ3v) is 4.99. The predicted molar refractivity (Wildman–Crippen MR) is 96.5 cm³/mol. The highest BCUT2D eigenvalue weighted by Gasteiger charge is 2.56. The minimum absolute atomic E-state index is 0.00538. The summed E-state index contributed by atoms with van der Waals surface area (Å²) in [5.74, 6) is -2.60. The van der Waals surface area contributed by atoms with Gasteiger partial charge < -0.3 is 21.3 Å². The third-order valence-electron chi connectivity index (χ3n) is 4.99. The van der Waals surface area contributed by atoms with Crippen LogP contribution in [0, 0.1) is 12.3 Å². The van der Waals surface area contributed by atoms with Crippen LogP contribution in [0.3, 0.4) is 0 Å². The van der Waals surface area contributed by atoms with E-state index >= 15 is 0 Å². The fourth-order valence-electron chi connectivity index (χ4n) is 3.24. The van der Waals surface area contributed by atoms with E-state index in [1.807, 2.05) is 0 Å². The van der Waals surface area contributed by atoms with E-state index in [1.165, 1.54) is 0 Å². The molecule has 1 heterocycles. The molecule has 5 N–H and O–H groups in total. The molecular formula is C19H21N3O5. The number of aliphatic hydroxyl groups excluding tert-OH is 1. The van der Waals surface area contributed by atoms with E-state index in [9.17, 15) is 24.6 Å². The molecule has 0 spiro atoms. The number of nitrogens with two attached hydrogens (primary N) is 1. The molecule has 0 bridgehead atoms. The maximum atomic E-state index is 12.4. The first-order valence-electron chi connectivity index (χ1n) is 8.61. The minimum Gasteiger partial charge on any atom is -0.480 e. The van der Waals surface area contributed by atoms with Gasteiger partial charge in [-0.15, -0.1) is 0 Å². The van der Waals surface area contributed by atoms with Crippen molar-refractivity contribution in [2.45, 2.75) is 38.8 Å². The van der Waals surface area contributed by atoms with Crippen molar-refractivity contribution in [2.75, 3.05) is 0 Å². The van der Waals surface area contributed by atoms with Crippen LogP contribution in [0.4, 0.5) is 0 Å². The molecule has 1 aromatic heterocycles. The summed E-state index contributed by atoms with van der Waals surface area (Å²) in [6.07, 6.45) is 0.652. The number of carboxylic acids is 1. The highest BCUT2D eigenvalue weighted by molar-refractivity contribution is 6.08. The maximum absolute atomic E-state index is 12.4. The number of amides is 2. The Bertz CT molecular complexity index is 936. The second-order valence-electron chi connectivity index (χ2n) is 6.91. The lowest BCUT2D eigenvalue weighted by atomic mass is 9.98. The number of carboxylic acid groups (broad SMARTS) is 1. The van der Waals surface area contributed by atoms with Crippen molar-refractivity contribution < 1.29 is 24.6 Å². The van der Waals surface area contributed by atoms with Crippen molar-refractivity contribution in [3.05, 3.63) is 41.1 Å². The van der Waals surface area contributed by atoms with Gasteiger partial charge in [-0.2, -0.15) is 0 Å². The molecule has 2 amide bonds. The molecule has 0 aliphatic heterocycles. The van der Waals surface area contributed by atoms with E-state index < -0.39 is 29.2 Å². The van der Waals surface area contributed by atoms with Gasteiger partial charge in [0.1, 0.15) is 11.5 Å². The molecule has 1 fully saturated rings. The summed E-state index contributed by atoms with van der Waals surface area (Å²) in [7, 11) is 0. The van der Waals surface area contributed by atoms with E-state index in [2.05, 4.69) is 10.3 Å². The van der Waals surface area contributed by atoms with Crippen LogP contribution in [-0.2, 0) is 27.4 Å². The van der Waals surface area contributed by atoms with Gasteiger partial charge in [-0.05, 0) is 37.0 Å². The van der Waals surface area contributed by atoms with Gasteiger partial charge >= 0.3 is 5.97 Å². The molecule has 1 saturated carbocycles. The summed E-state index contributed by atoms with van der Waals surface area (Å²) in [4.78, 5) is 40.0. The van der Waals surface area contributed by atoms with Crippen LogP contribution in [-0.4, -0.2) is 39.0 Å². The Labute approximate surface area is 155 Å². The first-order valence-corrected chi connectivity index (χ1v) is 8.61. The van der Waals surface area contributed by atoms with E-state index in [4.69, 9.17) is 5.73 Å². The Morgan fingerprint density at radius 1 is 1.30 bits per heavy atom. The van der Waals surface area contributed by atoms with Gasteiger partial charge in [-0.25, -0.2) is 4.79 Å². The number of primary amides is 1. The number of hydrogen-bond donors (Lipinski definition) is 4. The van der Waals surface area contributed by atoms with Gasteiger partial charge in [0.25, 0.3) is 0 Å². The fourth-order valence-corrected chi connectivity index (χ4v) is 3.24. The lowest BCUT2D eigenvalue weighted by Crippen LogP contribution is -2.48. The number of nitrogens with one attached hydrogen (secondary N) is 1. The SMILES string of the molecule is Cc1cc(CO)c2cccc(C[C@H](NC(=O)C3(C(N)=O)CC3)C(=O)O)c2n1. The lowest BCUT2D eigenvalue weighted by Gasteiger charge is -2.19. The number of carbonyl (C=O) groups is 3. The largest absolute Gasteiger partial charge is 0.480 e. The Morgan fingerprint density at radius 2 is 2.00 bits per heavy atom. The predicted octanol–water partition coefficient (Wildman–Crippen LogP) is 0.413. The zero-order chi connectivity index (χ0) is 19.8. The summed E-state index contributed by atoms with van der Waals surface area (Å²) in [5, 5.41) is 22.3. The van der Waals surface area contributed by atoms with Gasteiger partial charge in [0, 0.05) is 17.5 Å². The third kappa shape index (κ3) is 3.48. The molecule has 8 nitrogen and oxygen atoms in total. The van der Waals surface area contributed by atoms with Crippen molar-refractivity contribution in [1.29, 1.82) is 0 Å². The van der Waals surface area contributed by atoms with Gasteiger partial charge in [0.2, 0.25) is 11.8 Å². The van der Waals surface area contributed by atoms with Crippen molar-refractivity contribution in [2.24, 2.45) is 11.1 Å². The highest BCUT2D eigenvalue weighted by atomic mass is 16.4. The summed E-state index contributed by atoms with van der Waals surface area (Å²) < 4.78 is 0. The average molecular weight is 371 g/mol. The van der Waals surface area contributed by atoms with Crippen LogP contribution in [0.2, 0.25) is 0 Å². The second-order valence-corrected chi connectivity index (χ2v) is 6.91. The number of benzene rings is 1. The lowest BCUT2D eigenvalue weighted by molar-refractivity contribution is -0.144.